The van der Waals surface area contributed by atoms with Gasteiger partial charge in [0, 0.05) is 5.88 Å². The first-order chi connectivity index (χ1) is 6.95. The van der Waals surface area contributed by atoms with Crippen LogP contribution >= 0.6 is 23.2 Å². The Morgan fingerprint density at radius 3 is 2.60 bits per heavy atom. The second-order valence-corrected chi connectivity index (χ2v) is 4.37. The van der Waals surface area contributed by atoms with Crippen molar-refractivity contribution in [2.24, 2.45) is 5.41 Å². The van der Waals surface area contributed by atoms with Gasteiger partial charge in [-0.3, -0.25) is 4.79 Å². The van der Waals surface area contributed by atoms with E-state index >= 15 is 0 Å². The summed E-state index contributed by atoms with van der Waals surface area (Å²) >= 11 is 11.2. The maximum absolute atomic E-state index is 11.7. The SMILES string of the molecule is CC(C)(CCl)C(=O)Nc1ccc(Cl)nn1. The van der Waals surface area contributed by atoms with Crippen LogP contribution in [0.1, 0.15) is 13.8 Å². The number of hydrogen-bond acceptors (Lipinski definition) is 3. The fourth-order valence-corrected chi connectivity index (χ4v) is 0.951. The van der Waals surface area contributed by atoms with E-state index in [1.807, 2.05) is 0 Å². The van der Waals surface area contributed by atoms with Crippen LogP contribution in [-0.4, -0.2) is 22.0 Å². The van der Waals surface area contributed by atoms with Crippen LogP contribution in [0.5, 0.6) is 0 Å². The highest BCUT2D eigenvalue weighted by Crippen LogP contribution is 2.19. The van der Waals surface area contributed by atoms with Gasteiger partial charge in [0.15, 0.2) is 11.0 Å². The van der Waals surface area contributed by atoms with Gasteiger partial charge in [-0.25, -0.2) is 0 Å². The Morgan fingerprint density at radius 2 is 2.13 bits per heavy atom. The van der Waals surface area contributed by atoms with E-state index in [4.69, 9.17) is 23.2 Å². The van der Waals surface area contributed by atoms with Gasteiger partial charge in [0.1, 0.15) is 0 Å². The van der Waals surface area contributed by atoms with Crippen LogP contribution in [0.2, 0.25) is 5.15 Å². The molecule has 6 heteroatoms. The van der Waals surface area contributed by atoms with Gasteiger partial charge >= 0.3 is 0 Å². The molecular weight excluding hydrogens is 237 g/mol. The lowest BCUT2D eigenvalue weighted by Crippen LogP contribution is -2.32. The number of aromatic nitrogens is 2. The Bertz CT molecular complexity index is 351. The highest BCUT2D eigenvalue weighted by molar-refractivity contribution is 6.29. The molecule has 0 aliphatic rings. The molecule has 0 atom stereocenters. The van der Waals surface area contributed by atoms with Crippen molar-refractivity contribution >= 4 is 34.9 Å². The van der Waals surface area contributed by atoms with Crippen molar-refractivity contribution in [1.29, 1.82) is 0 Å². The maximum atomic E-state index is 11.7. The number of carbonyl (C=O) groups is 1. The lowest BCUT2D eigenvalue weighted by atomic mass is 9.95. The topological polar surface area (TPSA) is 54.9 Å². The molecule has 0 spiro atoms. The number of nitrogens with one attached hydrogen (secondary N) is 1. The first-order valence-corrected chi connectivity index (χ1v) is 5.23. The summed E-state index contributed by atoms with van der Waals surface area (Å²) in [6.07, 6.45) is 0. The summed E-state index contributed by atoms with van der Waals surface area (Å²) in [5.41, 5.74) is -0.636. The van der Waals surface area contributed by atoms with Gasteiger partial charge in [-0.15, -0.1) is 21.8 Å². The molecule has 4 nitrogen and oxygen atoms in total. The van der Waals surface area contributed by atoms with Crippen molar-refractivity contribution in [1.82, 2.24) is 10.2 Å². The average Bonchev–Trinajstić information content (AvgIpc) is 2.21. The molecule has 1 aromatic rings. The van der Waals surface area contributed by atoms with E-state index in [1.165, 1.54) is 0 Å². The van der Waals surface area contributed by atoms with Crippen LogP contribution in [0.15, 0.2) is 12.1 Å². The second kappa shape index (κ2) is 4.77. The third kappa shape index (κ3) is 3.32. The molecule has 0 aliphatic carbocycles. The number of hydrogen-bond donors (Lipinski definition) is 1. The van der Waals surface area contributed by atoms with Crippen LogP contribution in [0.3, 0.4) is 0 Å². The third-order valence-electron chi connectivity index (χ3n) is 1.82. The molecule has 0 unspecified atom stereocenters. The summed E-state index contributed by atoms with van der Waals surface area (Å²) in [5.74, 6) is 0.400. The Morgan fingerprint density at radius 1 is 1.47 bits per heavy atom. The quantitative estimate of drug-likeness (QED) is 0.835. The number of nitrogens with zero attached hydrogens (tertiary/aromatic N) is 2. The molecular formula is C9H11Cl2N3O. The van der Waals surface area contributed by atoms with Crippen molar-refractivity contribution in [2.75, 3.05) is 11.2 Å². The predicted molar refractivity (Wildman–Crippen MR) is 60.2 cm³/mol. The highest BCUT2D eigenvalue weighted by atomic mass is 35.5. The first kappa shape index (κ1) is 12.2. The van der Waals surface area contributed by atoms with E-state index in [0.717, 1.165) is 0 Å². The van der Waals surface area contributed by atoms with E-state index in [2.05, 4.69) is 15.5 Å². The normalized spacial score (nSPS) is 11.2. The zero-order valence-corrected chi connectivity index (χ0v) is 9.93. The molecule has 1 rings (SSSR count). The fourth-order valence-electron chi connectivity index (χ4n) is 0.729. The number of amides is 1. The van der Waals surface area contributed by atoms with Gasteiger partial charge in [0.2, 0.25) is 5.91 Å². The summed E-state index contributed by atoms with van der Waals surface area (Å²) < 4.78 is 0. The van der Waals surface area contributed by atoms with Gasteiger partial charge in [-0.1, -0.05) is 11.6 Å². The number of anilines is 1. The molecule has 0 aliphatic heterocycles. The highest BCUT2D eigenvalue weighted by Gasteiger charge is 2.26. The van der Waals surface area contributed by atoms with Crippen LogP contribution in [0.4, 0.5) is 5.82 Å². The lowest BCUT2D eigenvalue weighted by molar-refractivity contribution is -0.123. The average molecular weight is 248 g/mol. The molecule has 0 aromatic carbocycles. The minimum absolute atomic E-state index is 0.200. The van der Waals surface area contributed by atoms with Crippen molar-refractivity contribution in [3.8, 4) is 0 Å². The van der Waals surface area contributed by atoms with E-state index in [0.29, 0.717) is 5.82 Å². The first-order valence-electron chi connectivity index (χ1n) is 4.32. The van der Waals surface area contributed by atoms with Crippen molar-refractivity contribution < 1.29 is 4.79 Å². The number of halogens is 2. The van der Waals surface area contributed by atoms with Gasteiger partial charge < -0.3 is 5.32 Å². The Kier molecular flexibility index (Phi) is 3.88. The molecule has 1 amide bonds. The monoisotopic (exact) mass is 247 g/mol. The predicted octanol–water partition coefficient (Wildman–Crippen LogP) is 2.33. The Balaban J connectivity index is 2.71. The fraction of sp³-hybridized carbons (Fsp3) is 0.444. The molecule has 1 aromatic heterocycles. The van der Waals surface area contributed by atoms with Crippen LogP contribution < -0.4 is 5.32 Å². The van der Waals surface area contributed by atoms with Gasteiger partial charge in [-0.2, -0.15) is 0 Å². The molecule has 82 valence electrons. The molecule has 1 N–H and O–H groups in total. The van der Waals surface area contributed by atoms with Crippen LogP contribution in [0, 0.1) is 5.41 Å². The van der Waals surface area contributed by atoms with Gasteiger partial charge in [0.25, 0.3) is 0 Å². The molecule has 0 fully saturated rings. The van der Waals surface area contributed by atoms with E-state index in [1.54, 1.807) is 26.0 Å². The van der Waals surface area contributed by atoms with E-state index < -0.39 is 5.41 Å². The largest absolute Gasteiger partial charge is 0.309 e. The molecule has 1 heterocycles. The summed E-state index contributed by atoms with van der Waals surface area (Å²) in [5, 5.41) is 10.2. The number of carbonyl (C=O) groups excluding carboxylic acids is 1. The zero-order valence-electron chi connectivity index (χ0n) is 8.42. The summed E-state index contributed by atoms with van der Waals surface area (Å²) in [4.78, 5) is 11.7. The number of alkyl halides is 1. The molecule has 15 heavy (non-hydrogen) atoms. The van der Waals surface area contributed by atoms with Crippen molar-refractivity contribution in [2.45, 2.75) is 13.8 Å². The Hall–Kier alpha value is -0.870. The summed E-state index contributed by atoms with van der Waals surface area (Å²) in [6, 6.07) is 3.13. The van der Waals surface area contributed by atoms with Crippen LogP contribution in [-0.2, 0) is 4.79 Å². The maximum Gasteiger partial charge on any atom is 0.232 e. The molecule has 0 radical (unpaired) electrons. The number of rotatable bonds is 3. The minimum atomic E-state index is -0.636. The molecule has 0 bridgehead atoms. The summed E-state index contributed by atoms with van der Waals surface area (Å²) in [6.45, 7) is 3.50. The summed E-state index contributed by atoms with van der Waals surface area (Å²) in [7, 11) is 0. The minimum Gasteiger partial charge on any atom is -0.309 e. The van der Waals surface area contributed by atoms with Crippen LogP contribution in [0.25, 0.3) is 0 Å². The van der Waals surface area contributed by atoms with Crippen molar-refractivity contribution in [3.63, 3.8) is 0 Å². The smallest absolute Gasteiger partial charge is 0.232 e. The zero-order chi connectivity index (χ0) is 11.5. The second-order valence-electron chi connectivity index (χ2n) is 3.71. The standard InChI is InChI=1S/C9H11Cl2N3O/c1-9(2,5-10)8(15)12-7-4-3-6(11)13-14-7/h3-4H,5H2,1-2H3,(H,12,14,15). The Labute approximate surface area is 98.0 Å². The van der Waals surface area contributed by atoms with Gasteiger partial charge in [-0.05, 0) is 26.0 Å². The molecule has 0 saturated heterocycles. The molecule has 0 saturated carbocycles. The van der Waals surface area contributed by atoms with Crippen molar-refractivity contribution in [3.05, 3.63) is 17.3 Å². The van der Waals surface area contributed by atoms with Gasteiger partial charge in [0.05, 0.1) is 5.41 Å². The third-order valence-corrected chi connectivity index (χ3v) is 2.69. The lowest BCUT2D eigenvalue weighted by Gasteiger charge is -2.19. The van der Waals surface area contributed by atoms with E-state index in [-0.39, 0.29) is 16.9 Å². The van der Waals surface area contributed by atoms with E-state index in [9.17, 15) is 4.79 Å².